The molecule has 0 atom stereocenters. The lowest BCUT2D eigenvalue weighted by molar-refractivity contribution is -0.133. The summed E-state index contributed by atoms with van der Waals surface area (Å²) in [4.78, 5) is 32.3. The summed E-state index contributed by atoms with van der Waals surface area (Å²) >= 11 is 5.74. The summed E-state index contributed by atoms with van der Waals surface area (Å²) in [6.45, 7) is 15.7. The summed E-state index contributed by atoms with van der Waals surface area (Å²) in [5.41, 5.74) is 5.16. The molecular weight excluding hydrogens is 813 g/mol. The summed E-state index contributed by atoms with van der Waals surface area (Å²) in [5.74, 6) is 7.01. The third-order valence-corrected chi connectivity index (χ3v) is 13.3. The first kappa shape index (κ1) is 44.5. The summed E-state index contributed by atoms with van der Waals surface area (Å²) in [6, 6.07) is 21.4. The van der Waals surface area contributed by atoms with E-state index in [9.17, 15) is 9.59 Å². The lowest BCUT2D eigenvalue weighted by Gasteiger charge is -2.36. The van der Waals surface area contributed by atoms with Crippen LogP contribution in [-0.2, 0) is 22.7 Å². The molecule has 64 heavy (non-hydrogen) atoms. The Hall–Kier alpha value is -6.11. The number of allylic oxidation sites excluding steroid dienone is 5. The van der Waals surface area contributed by atoms with Gasteiger partial charge in [-0.2, -0.15) is 0 Å². The smallest absolute Gasteiger partial charge is 0.266 e. The van der Waals surface area contributed by atoms with E-state index in [2.05, 4.69) is 127 Å². The van der Waals surface area contributed by atoms with Crippen LogP contribution in [0.5, 0.6) is 11.5 Å². The van der Waals surface area contributed by atoms with Gasteiger partial charge in [-0.3, -0.25) is 19.4 Å². The fourth-order valence-electron chi connectivity index (χ4n) is 9.58. The van der Waals surface area contributed by atoms with Crippen molar-refractivity contribution in [1.82, 2.24) is 18.9 Å². The molecule has 1 aliphatic carbocycles. The van der Waals surface area contributed by atoms with E-state index < -0.39 is 0 Å². The topological polar surface area (TPSA) is 68.9 Å². The van der Waals surface area contributed by atoms with Crippen molar-refractivity contribution in [1.29, 1.82) is 0 Å². The Morgan fingerprint density at radius 1 is 0.609 bits per heavy atom. The molecule has 1 saturated carbocycles. The summed E-state index contributed by atoms with van der Waals surface area (Å²) in [7, 11) is 0. The highest BCUT2D eigenvalue weighted by Crippen LogP contribution is 2.41. The van der Waals surface area contributed by atoms with Crippen LogP contribution in [0.3, 0.4) is 0 Å². The van der Waals surface area contributed by atoms with Crippen molar-refractivity contribution in [3.63, 3.8) is 0 Å². The lowest BCUT2D eigenvalue weighted by Crippen LogP contribution is -2.56. The maximum atomic E-state index is 14.6. The molecule has 2 fully saturated rings. The zero-order valence-corrected chi connectivity index (χ0v) is 39.1. The predicted octanol–water partition coefficient (Wildman–Crippen LogP) is 10.7. The number of benzene rings is 4. The van der Waals surface area contributed by atoms with Crippen molar-refractivity contribution in [2.24, 2.45) is 0 Å². The molecule has 0 N–H and O–H groups in total. The van der Waals surface area contributed by atoms with Crippen molar-refractivity contribution in [2.45, 2.75) is 106 Å². The molecule has 330 valence electrons. The average Bonchev–Trinajstić information content (AvgIpc) is 3.95. The number of carbonyl (C=O) groups excluding carboxylic acids is 2. The summed E-state index contributed by atoms with van der Waals surface area (Å²) in [6.07, 6.45) is 16.3. The van der Waals surface area contributed by atoms with Crippen LogP contribution in [0, 0.1) is 11.8 Å². The van der Waals surface area contributed by atoms with Crippen molar-refractivity contribution < 1.29 is 19.1 Å². The highest BCUT2D eigenvalue weighted by molar-refractivity contribution is 7.80. The van der Waals surface area contributed by atoms with Crippen molar-refractivity contribution in [3.8, 4) is 23.3 Å². The molecule has 0 bridgehead atoms. The molecule has 3 heterocycles. The number of nitrogens with zero attached hydrogens (tertiary/aromatic N) is 4. The molecule has 6 aromatic rings. The number of rotatable bonds is 16. The number of hydrogen-bond acceptors (Lipinski definition) is 5. The Morgan fingerprint density at radius 3 is 1.56 bits per heavy atom. The van der Waals surface area contributed by atoms with Crippen LogP contribution in [0.25, 0.3) is 55.5 Å². The number of aromatic nitrogens is 2. The molecule has 2 aliphatic rings. The van der Waals surface area contributed by atoms with Crippen LogP contribution in [0.4, 0.5) is 0 Å². The number of unbranched alkanes of at least 4 members (excludes halogenated alkanes) is 3. The van der Waals surface area contributed by atoms with Gasteiger partial charge in [0.15, 0.2) is 5.11 Å². The number of ether oxygens (including phenoxy) is 2. The quantitative estimate of drug-likeness (QED) is 0.0319. The maximum absolute atomic E-state index is 14.6. The number of aryl methyl sites for hydroxylation is 2. The number of thiocarbonyl (C=S) groups is 1. The lowest BCUT2D eigenvalue weighted by atomic mass is 9.95. The van der Waals surface area contributed by atoms with Crippen molar-refractivity contribution >= 4 is 84.6 Å². The fraction of sp³-hybridized carbons (Fsp3) is 0.364. The van der Waals surface area contributed by atoms with Crippen LogP contribution in [-0.4, -0.2) is 62.2 Å². The Bertz CT molecular complexity index is 3030. The largest absolute Gasteiger partial charge is 0.493 e. The minimum absolute atomic E-state index is 0.189. The van der Waals surface area contributed by atoms with Gasteiger partial charge >= 0.3 is 0 Å². The third kappa shape index (κ3) is 8.02. The van der Waals surface area contributed by atoms with E-state index in [-0.39, 0.29) is 22.5 Å². The van der Waals surface area contributed by atoms with Gasteiger partial charge in [0.05, 0.1) is 6.61 Å². The van der Waals surface area contributed by atoms with Crippen molar-refractivity contribution in [3.05, 3.63) is 106 Å². The van der Waals surface area contributed by atoms with Crippen LogP contribution in [0.1, 0.15) is 92.9 Å². The van der Waals surface area contributed by atoms with E-state index in [0.29, 0.717) is 44.7 Å². The third-order valence-electron chi connectivity index (χ3n) is 12.8. The van der Waals surface area contributed by atoms with Gasteiger partial charge in [-0.05, 0) is 118 Å². The Morgan fingerprint density at radius 2 is 1.09 bits per heavy atom. The monoisotopic (exact) mass is 872 g/mol. The molecule has 1 saturated heterocycles. The Kier molecular flexibility index (Phi) is 13.7. The van der Waals surface area contributed by atoms with Gasteiger partial charge in [0.1, 0.15) is 23.7 Å². The van der Waals surface area contributed by atoms with Gasteiger partial charge < -0.3 is 18.6 Å². The van der Waals surface area contributed by atoms with Gasteiger partial charge in [0.2, 0.25) is 0 Å². The zero-order valence-electron chi connectivity index (χ0n) is 38.3. The highest BCUT2D eigenvalue weighted by Gasteiger charge is 2.42. The first-order valence-corrected chi connectivity index (χ1v) is 23.8. The van der Waals surface area contributed by atoms with Gasteiger partial charge in [-0.1, -0.05) is 94.5 Å². The SMILES string of the molecule is CC#CCOc1ccc2c3c1cccc3/c(=C\C=C1/CC/C(=C\C=c3/c4cccc5c(OCCCC)ccc(c54)n3CCCC)C1=C1C(=O)N(CC)C(=S)N(CC)C1=O)n2CCCC. The minimum atomic E-state index is -0.336. The van der Waals surface area contributed by atoms with E-state index in [1.165, 1.54) is 10.9 Å². The number of amides is 2. The van der Waals surface area contributed by atoms with Gasteiger partial charge in [0, 0.05) is 80.2 Å². The Balaban J connectivity index is 1.35. The fourth-order valence-corrected chi connectivity index (χ4v) is 10.0. The number of hydrogen-bond donors (Lipinski definition) is 0. The number of carbonyl (C=O) groups is 2. The standard InChI is InChI=1S/C55H60N4O4S/c1-7-13-33-58-43(39-19-17-21-41-47(62-35-15-9-3)31-29-45(58)50(39)41)27-25-37-23-24-38(49(37)52-53(60)56(11-5)55(64)57(12-6)54(52)61)26-28-44-40-20-18-22-42-48(63-36-16-10-4)32-30-46(51(40)42)59(44)34-14-8-2/h17-22,25-32H,7-9,11-15,23-24,33-36H2,1-6H3/b37-25+,38-26+,43-27+,44-28+. The summed E-state index contributed by atoms with van der Waals surface area (Å²) in [5, 5.41) is 9.28. The van der Waals surface area contributed by atoms with E-state index in [0.717, 1.165) is 117 Å². The Labute approximate surface area is 382 Å². The molecule has 1 aliphatic heterocycles. The second kappa shape index (κ2) is 19.7. The normalized spacial score (nSPS) is 16.7. The molecule has 4 aromatic carbocycles. The van der Waals surface area contributed by atoms with E-state index >= 15 is 0 Å². The van der Waals surface area contributed by atoms with Crippen LogP contribution < -0.4 is 20.2 Å². The van der Waals surface area contributed by atoms with Crippen LogP contribution in [0.2, 0.25) is 0 Å². The number of likely N-dealkylation sites (N-methyl/N-ethyl adjacent to an activating group) is 2. The van der Waals surface area contributed by atoms with E-state index in [4.69, 9.17) is 21.7 Å². The van der Waals surface area contributed by atoms with E-state index in [1.807, 2.05) is 20.8 Å². The first-order valence-electron chi connectivity index (χ1n) is 23.4. The molecule has 0 spiro atoms. The molecule has 9 heteroatoms. The molecule has 2 aromatic heterocycles. The first-order chi connectivity index (χ1) is 31.3. The van der Waals surface area contributed by atoms with Gasteiger partial charge in [0.25, 0.3) is 11.8 Å². The van der Waals surface area contributed by atoms with Crippen molar-refractivity contribution in [2.75, 3.05) is 26.3 Å². The van der Waals surface area contributed by atoms with Gasteiger partial charge in [-0.25, -0.2) is 0 Å². The molecular formula is C55H60N4O4S. The molecule has 8 nitrogen and oxygen atoms in total. The van der Waals surface area contributed by atoms with E-state index in [1.54, 1.807) is 9.80 Å². The van der Waals surface area contributed by atoms with Crippen LogP contribution in [0.15, 0.2) is 95.1 Å². The summed E-state index contributed by atoms with van der Waals surface area (Å²) < 4.78 is 17.3. The molecule has 8 rings (SSSR count). The maximum Gasteiger partial charge on any atom is 0.266 e. The van der Waals surface area contributed by atoms with Gasteiger partial charge in [-0.15, -0.1) is 5.92 Å². The van der Waals surface area contributed by atoms with Crippen LogP contribution >= 0.6 is 12.2 Å². The average molecular weight is 873 g/mol. The molecule has 2 amide bonds. The predicted molar refractivity (Wildman–Crippen MR) is 267 cm³/mol. The minimum Gasteiger partial charge on any atom is -0.493 e. The second-order valence-electron chi connectivity index (χ2n) is 16.7. The highest BCUT2D eigenvalue weighted by atomic mass is 32.1. The zero-order chi connectivity index (χ0) is 44.9. The molecule has 0 unspecified atom stereocenters. The molecule has 0 radical (unpaired) electrons. The second-order valence-corrected chi connectivity index (χ2v) is 17.0.